The van der Waals surface area contributed by atoms with E-state index in [2.05, 4.69) is 20.7 Å². The molecule has 2 N–H and O–H groups in total. The van der Waals surface area contributed by atoms with Crippen LogP contribution >= 0.6 is 0 Å². The van der Waals surface area contributed by atoms with Crippen LogP contribution in [0.5, 0.6) is 0 Å². The van der Waals surface area contributed by atoms with Crippen LogP contribution in [-0.4, -0.2) is 46.5 Å². The average molecular weight is 315 g/mol. The summed E-state index contributed by atoms with van der Waals surface area (Å²) in [6.07, 6.45) is 6.71. The number of ether oxygens (including phenoxy) is 1. The standard InChI is InChI=1S/C16H21N5O2/c22-16(11-14-12-23-10-7-18-14)19-15-4-9-21(20-15)8-3-13-1-5-17-6-2-13/h1-2,4-6,9,14,18H,3,7-8,10-12H2,(H,19,20,22). The van der Waals surface area contributed by atoms with E-state index in [1.807, 2.05) is 29.1 Å². The average Bonchev–Trinajstić information content (AvgIpc) is 3.02. The molecule has 7 heteroatoms. The summed E-state index contributed by atoms with van der Waals surface area (Å²) in [7, 11) is 0. The molecule has 0 aromatic carbocycles. The number of hydrogen-bond donors (Lipinski definition) is 2. The van der Waals surface area contributed by atoms with Crippen LogP contribution in [0.1, 0.15) is 12.0 Å². The van der Waals surface area contributed by atoms with Gasteiger partial charge in [0.05, 0.1) is 13.2 Å². The minimum Gasteiger partial charge on any atom is -0.378 e. The van der Waals surface area contributed by atoms with Crippen molar-refractivity contribution in [2.75, 3.05) is 25.1 Å². The third kappa shape index (κ3) is 4.87. The first kappa shape index (κ1) is 15.6. The normalized spacial score (nSPS) is 17.8. The van der Waals surface area contributed by atoms with Gasteiger partial charge in [0.2, 0.25) is 5.91 Å². The highest BCUT2D eigenvalue weighted by Crippen LogP contribution is 2.07. The Bertz CT molecular complexity index is 622. The molecular formula is C16H21N5O2. The highest BCUT2D eigenvalue weighted by molar-refractivity contribution is 5.90. The highest BCUT2D eigenvalue weighted by Gasteiger charge is 2.17. The number of pyridine rings is 1. The van der Waals surface area contributed by atoms with Gasteiger partial charge in [0.1, 0.15) is 0 Å². The Morgan fingerprint density at radius 3 is 3.04 bits per heavy atom. The van der Waals surface area contributed by atoms with Gasteiger partial charge in [-0.25, -0.2) is 0 Å². The lowest BCUT2D eigenvalue weighted by atomic mass is 10.2. The number of nitrogens with one attached hydrogen (secondary N) is 2. The van der Waals surface area contributed by atoms with Gasteiger partial charge in [-0.1, -0.05) is 0 Å². The van der Waals surface area contributed by atoms with Gasteiger partial charge in [0, 0.05) is 50.2 Å². The molecule has 3 heterocycles. The molecule has 122 valence electrons. The predicted octanol–water partition coefficient (Wildman–Crippen LogP) is 0.838. The molecule has 2 aromatic rings. The Morgan fingerprint density at radius 2 is 2.26 bits per heavy atom. The lowest BCUT2D eigenvalue weighted by Gasteiger charge is -2.22. The largest absolute Gasteiger partial charge is 0.378 e. The third-order valence-electron chi connectivity index (χ3n) is 3.72. The third-order valence-corrected chi connectivity index (χ3v) is 3.72. The molecule has 1 saturated heterocycles. The molecule has 1 fully saturated rings. The van der Waals surface area contributed by atoms with Gasteiger partial charge in [-0.3, -0.25) is 14.5 Å². The summed E-state index contributed by atoms with van der Waals surface area (Å²) in [5.74, 6) is 0.536. The van der Waals surface area contributed by atoms with Crippen molar-refractivity contribution in [2.24, 2.45) is 0 Å². The van der Waals surface area contributed by atoms with Gasteiger partial charge in [-0.05, 0) is 24.1 Å². The van der Waals surface area contributed by atoms with E-state index in [4.69, 9.17) is 4.74 Å². The van der Waals surface area contributed by atoms with Crippen LogP contribution in [0.4, 0.5) is 5.82 Å². The van der Waals surface area contributed by atoms with Crippen molar-refractivity contribution < 1.29 is 9.53 Å². The summed E-state index contributed by atoms with van der Waals surface area (Å²) >= 11 is 0. The molecule has 0 bridgehead atoms. The molecule has 3 rings (SSSR count). The lowest BCUT2D eigenvalue weighted by molar-refractivity contribution is -0.117. The van der Waals surface area contributed by atoms with E-state index in [9.17, 15) is 4.79 Å². The van der Waals surface area contributed by atoms with E-state index < -0.39 is 0 Å². The molecule has 0 saturated carbocycles. The van der Waals surface area contributed by atoms with Crippen molar-refractivity contribution >= 4 is 11.7 Å². The van der Waals surface area contributed by atoms with Gasteiger partial charge >= 0.3 is 0 Å². The SMILES string of the molecule is O=C(CC1COCCN1)Nc1ccn(CCc2ccncc2)n1. The molecule has 1 atom stereocenters. The number of carbonyl (C=O) groups is 1. The number of anilines is 1. The van der Waals surface area contributed by atoms with Crippen LogP contribution in [0.15, 0.2) is 36.8 Å². The zero-order valence-corrected chi connectivity index (χ0v) is 12.9. The molecule has 1 unspecified atom stereocenters. The Kier molecular flexibility index (Phi) is 5.33. The minimum absolute atomic E-state index is 0.0487. The Morgan fingerprint density at radius 1 is 1.39 bits per heavy atom. The minimum atomic E-state index is -0.0487. The summed E-state index contributed by atoms with van der Waals surface area (Å²) in [6, 6.07) is 5.88. The smallest absolute Gasteiger partial charge is 0.227 e. The van der Waals surface area contributed by atoms with Crippen molar-refractivity contribution in [2.45, 2.75) is 25.4 Å². The zero-order chi connectivity index (χ0) is 15.9. The number of rotatable bonds is 6. The Labute approximate surface area is 135 Å². The Hall–Kier alpha value is -2.25. The van der Waals surface area contributed by atoms with Crippen LogP contribution in [0.3, 0.4) is 0 Å². The fourth-order valence-electron chi connectivity index (χ4n) is 2.51. The lowest BCUT2D eigenvalue weighted by Crippen LogP contribution is -2.43. The molecule has 7 nitrogen and oxygen atoms in total. The molecule has 1 aliphatic rings. The van der Waals surface area contributed by atoms with E-state index in [1.54, 1.807) is 12.4 Å². The summed E-state index contributed by atoms with van der Waals surface area (Å²) < 4.78 is 7.18. The van der Waals surface area contributed by atoms with Crippen LogP contribution < -0.4 is 10.6 Å². The number of nitrogens with zero attached hydrogens (tertiary/aromatic N) is 3. The molecule has 0 radical (unpaired) electrons. The fraction of sp³-hybridized carbons (Fsp3) is 0.438. The number of aromatic nitrogens is 3. The summed E-state index contributed by atoms with van der Waals surface area (Å²) in [5.41, 5.74) is 1.21. The maximum absolute atomic E-state index is 12.0. The van der Waals surface area contributed by atoms with E-state index in [-0.39, 0.29) is 11.9 Å². The second-order valence-corrected chi connectivity index (χ2v) is 5.55. The van der Waals surface area contributed by atoms with Crippen molar-refractivity contribution in [1.82, 2.24) is 20.1 Å². The predicted molar refractivity (Wildman–Crippen MR) is 86.0 cm³/mol. The van der Waals surface area contributed by atoms with Crippen LogP contribution in [0.25, 0.3) is 0 Å². The quantitative estimate of drug-likeness (QED) is 0.825. The maximum atomic E-state index is 12.0. The number of aryl methyl sites for hydroxylation is 2. The number of morpholine rings is 1. The van der Waals surface area contributed by atoms with Crippen LogP contribution in [0.2, 0.25) is 0 Å². The molecule has 1 aliphatic heterocycles. The fourth-order valence-corrected chi connectivity index (χ4v) is 2.51. The van der Waals surface area contributed by atoms with Gasteiger partial charge in [0.25, 0.3) is 0 Å². The van der Waals surface area contributed by atoms with Crippen molar-refractivity contribution in [3.63, 3.8) is 0 Å². The molecular weight excluding hydrogens is 294 g/mol. The molecule has 1 amide bonds. The Balaban J connectivity index is 1.45. The maximum Gasteiger partial charge on any atom is 0.227 e. The summed E-state index contributed by atoms with van der Waals surface area (Å²) in [5, 5.41) is 10.5. The van der Waals surface area contributed by atoms with Crippen molar-refractivity contribution in [3.05, 3.63) is 42.4 Å². The molecule has 23 heavy (non-hydrogen) atoms. The van der Waals surface area contributed by atoms with Crippen LogP contribution in [-0.2, 0) is 22.5 Å². The van der Waals surface area contributed by atoms with Crippen molar-refractivity contribution in [3.8, 4) is 0 Å². The van der Waals surface area contributed by atoms with E-state index in [1.165, 1.54) is 5.56 Å². The number of hydrogen-bond acceptors (Lipinski definition) is 5. The highest BCUT2D eigenvalue weighted by atomic mass is 16.5. The first-order chi connectivity index (χ1) is 11.3. The van der Waals surface area contributed by atoms with Gasteiger partial charge in [0.15, 0.2) is 5.82 Å². The van der Waals surface area contributed by atoms with E-state index >= 15 is 0 Å². The summed E-state index contributed by atoms with van der Waals surface area (Å²) in [4.78, 5) is 16.0. The number of amides is 1. The number of carbonyl (C=O) groups excluding carboxylic acids is 1. The first-order valence-corrected chi connectivity index (χ1v) is 7.83. The van der Waals surface area contributed by atoms with Gasteiger partial charge < -0.3 is 15.4 Å². The van der Waals surface area contributed by atoms with E-state index in [0.717, 1.165) is 19.5 Å². The topological polar surface area (TPSA) is 81.1 Å². The molecule has 2 aromatic heterocycles. The zero-order valence-electron chi connectivity index (χ0n) is 12.9. The summed E-state index contributed by atoms with van der Waals surface area (Å²) in [6.45, 7) is 2.84. The first-order valence-electron chi connectivity index (χ1n) is 7.83. The van der Waals surface area contributed by atoms with Crippen molar-refractivity contribution in [1.29, 1.82) is 0 Å². The van der Waals surface area contributed by atoms with Crippen LogP contribution in [0, 0.1) is 0 Å². The van der Waals surface area contributed by atoms with E-state index in [0.29, 0.717) is 25.5 Å². The second-order valence-electron chi connectivity index (χ2n) is 5.55. The van der Waals surface area contributed by atoms with Gasteiger partial charge in [-0.15, -0.1) is 0 Å². The molecule has 0 spiro atoms. The van der Waals surface area contributed by atoms with Gasteiger partial charge in [-0.2, -0.15) is 5.10 Å². The second kappa shape index (κ2) is 7.85. The monoisotopic (exact) mass is 315 g/mol. The molecule has 0 aliphatic carbocycles.